The fourth-order valence-electron chi connectivity index (χ4n) is 1.89. The van der Waals surface area contributed by atoms with Crippen molar-refractivity contribution in [2.45, 2.75) is 6.42 Å². The van der Waals surface area contributed by atoms with Crippen molar-refractivity contribution in [2.75, 3.05) is 14.2 Å². The number of ether oxygens (including phenoxy) is 2. The molecule has 0 aliphatic rings. The molecule has 1 heterocycles. The Morgan fingerprint density at radius 3 is 2.37 bits per heavy atom. The molecule has 1 N–H and O–H groups in total. The predicted octanol–water partition coefficient (Wildman–Crippen LogP) is 2.53. The SMILES string of the molecule is COc1cc2c(CC(=O)O)cnc(Cl)c2cc1OC. The Morgan fingerprint density at radius 1 is 1.26 bits per heavy atom. The number of hydrogen-bond acceptors (Lipinski definition) is 4. The molecule has 0 fully saturated rings. The Morgan fingerprint density at radius 2 is 1.84 bits per heavy atom. The molecule has 1 aromatic carbocycles. The lowest BCUT2D eigenvalue weighted by molar-refractivity contribution is -0.136. The molecule has 5 nitrogen and oxygen atoms in total. The van der Waals surface area contributed by atoms with Crippen LogP contribution in [0.3, 0.4) is 0 Å². The minimum Gasteiger partial charge on any atom is -0.493 e. The van der Waals surface area contributed by atoms with Gasteiger partial charge in [-0.1, -0.05) is 11.6 Å². The predicted molar refractivity (Wildman–Crippen MR) is 71.2 cm³/mol. The summed E-state index contributed by atoms with van der Waals surface area (Å²) in [4.78, 5) is 14.9. The maximum atomic E-state index is 10.9. The van der Waals surface area contributed by atoms with Gasteiger partial charge in [0.2, 0.25) is 0 Å². The van der Waals surface area contributed by atoms with Crippen LogP contribution in [-0.4, -0.2) is 30.3 Å². The van der Waals surface area contributed by atoms with E-state index in [1.54, 1.807) is 12.1 Å². The number of aliphatic carboxylic acids is 1. The summed E-state index contributed by atoms with van der Waals surface area (Å²) in [5.41, 5.74) is 0.577. The summed E-state index contributed by atoms with van der Waals surface area (Å²) in [7, 11) is 3.04. The van der Waals surface area contributed by atoms with Gasteiger partial charge in [0, 0.05) is 11.6 Å². The molecular weight excluding hydrogens is 270 g/mol. The molecule has 0 saturated carbocycles. The molecule has 100 valence electrons. The van der Waals surface area contributed by atoms with Crippen molar-refractivity contribution in [3.63, 3.8) is 0 Å². The average molecular weight is 282 g/mol. The normalized spacial score (nSPS) is 10.5. The largest absolute Gasteiger partial charge is 0.493 e. The van der Waals surface area contributed by atoms with Gasteiger partial charge in [0.15, 0.2) is 11.5 Å². The van der Waals surface area contributed by atoms with Crippen LogP contribution in [0.5, 0.6) is 11.5 Å². The number of carboxylic acids is 1. The van der Waals surface area contributed by atoms with E-state index in [2.05, 4.69) is 4.98 Å². The first-order chi connectivity index (χ1) is 9.06. The number of benzene rings is 1. The van der Waals surface area contributed by atoms with Crippen molar-refractivity contribution in [3.8, 4) is 11.5 Å². The molecule has 0 radical (unpaired) electrons. The number of pyridine rings is 1. The van der Waals surface area contributed by atoms with Crippen LogP contribution in [0, 0.1) is 0 Å². The number of nitrogens with zero attached hydrogens (tertiary/aromatic N) is 1. The van der Waals surface area contributed by atoms with Crippen molar-refractivity contribution >= 4 is 28.3 Å². The maximum Gasteiger partial charge on any atom is 0.307 e. The minimum atomic E-state index is -0.930. The highest BCUT2D eigenvalue weighted by molar-refractivity contribution is 6.34. The smallest absolute Gasteiger partial charge is 0.307 e. The van der Waals surface area contributed by atoms with Crippen LogP contribution in [0.1, 0.15) is 5.56 Å². The number of methoxy groups -OCH3 is 2. The van der Waals surface area contributed by atoms with E-state index in [0.717, 1.165) is 0 Å². The zero-order valence-corrected chi connectivity index (χ0v) is 11.2. The number of fused-ring (bicyclic) bond motifs is 1. The summed E-state index contributed by atoms with van der Waals surface area (Å²) >= 11 is 6.04. The lowest BCUT2D eigenvalue weighted by Crippen LogP contribution is -2.02. The van der Waals surface area contributed by atoms with Crippen LogP contribution in [0.15, 0.2) is 18.3 Å². The number of rotatable bonds is 4. The Labute approximate surface area is 114 Å². The topological polar surface area (TPSA) is 68.7 Å². The molecule has 0 bridgehead atoms. The molecule has 2 rings (SSSR count). The van der Waals surface area contributed by atoms with E-state index >= 15 is 0 Å². The van der Waals surface area contributed by atoms with E-state index in [0.29, 0.717) is 33.0 Å². The molecule has 6 heteroatoms. The lowest BCUT2D eigenvalue weighted by Gasteiger charge is -2.11. The van der Waals surface area contributed by atoms with E-state index in [1.165, 1.54) is 20.4 Å². The Balaban J connectivity index is 2.73. The molecule has 0 atom stereocenters. The maximum absolute atomic E-state index is 10.9. The summed E-state index contributed by atoms with van der Waals surface area (Å²) < 4.78 is 10.4. The van der Waals surface area contributed by atoms with Gasteiger partial charge in [-0.15, -0.1) is 0 Å². The van der Waals surface area contributed by atoms with Gasteiger partial charge < -0.3 is 14.6 Å². The fraction of sp³-hybridized carbons (Fsp3) is 0.231. The second-order valence-corrected chi connectivity index (χ2v) is 4.26. The molecule has 0 unspecified atom stereocenters. The van der Waals surface area contributed by atoms with Gasteiger partial charge in [0.25, 0.3) is 0 Å². The van der Waals surface area contributed by atoms with E-state index in [9.17, 15) is 4.79 Å². The standard InChI is InChI=1S/C13H12ClNO4/c1-18-10-4-8-7(3-12(16)17)6-15-13(14)9(8)5-11(10)19-2/h4-6H,3H2,1-2H3,(H,16,17). The molecule has 2 aromatic rings. The lowest BCUT2D eigenvalue weighted by atomic mass is 10.0. The van der Waals surface area contributed by atoms with Crippen molar-refractivity contribution in [1.82, 2.24) is 4.98 Å². The third-order valence-corrected chi connectivity index (χ3v) is 3.07. The first kappa shape index (κ1) is 13.4. The van der Waals surface area contributed by atoms with Gasteiger partial charge in [0.05, 0.1) is 20.6 Å². The van der Waals surface area contributed by atoms with Gasteiger partial charge in [-0.3, -0.25) is 4.79 Å². The third-order valence-electron chi connectivity index (χ3n) is 2.77. The first-order valence-corrected chi connectivity index (χ1v) is 5.85. The summed E-state index contributed by atoms with van der Waals surface area (Å²) in [5.74, 6) is 0.107. The molecule has 0 amide bonds. The van der Waals surface area contributed by atoms with E-state index in [4.69, 9.17) is 26.2 Å². The zero-order valence-electron chi connectivity index (χ0n) is 10.4. The molecular formula is C13H12ClNO4. The van der Waals surface area contributed by atoms with Crippen LogP contribution >= 0.6 is 11.6 Å². The highest BCUT2D eigenvalue weighted by Gasteiger charge is 2.13. The summed E-state index contributed by atoms with van der Waals surface area (Å²) in [6, 6.07) is 3.40. The van der Waals surface area contributed by atoms with Gasteiger partial charge in [-0.2, -0.15) is 0 Å². The van der Waals surface area contributed by atoms with E-state index in [-0.39, 0.29) is 6.42 Å². The van der Waals surface area contributed by atoms with Gasteiger partial charge in [-0.05, 0) is 23.1 Å². The number of halogens is 1. The summed E-state index contributed by atoms with van der Waals surface area (Å²) in [6.07, 6.45) is 1.33. The number of carboxylic acid groups (broad SMARTS) is 1. The number of aromatic nitrogens is 1. The quantitative estimate of drug-likeness (QED) is 0.872. The number of hydrogen-bond donors (Lipinski definition) is 1. The van der Waals surface area contributed by atoms with Crippen LogP contribution in [0.2, 0.25) is 5.15 Å². The highest BCUT2D eigenvalue weighted by atomic mass is 35.5. The second kappa shape index (κ2) is 5.32. The third kappa shape index (κ3) is 2.56. The molecule has 0 aliphatic carbocycles. The summed E-state index contributed by atoms with van der Waals surface area (Å²) in [5, 5.41) is 10.5. The Bertz CT molecular complexity index is 642. The first-order valence-electron chi connectivity index (χ1n) is 5.47. The van der Waals surface area contributed by atoms with Crippen LogP contribution < -0.4 is 9.47 Å². The van der Waals surface area contributed by atoms with Crippen molar-refractivity contribution in [3.05, 3.63) is 29.0 Å². The molecule has 19 heavy (non-hydrogen) atoms. The molecule has 0 aliphatic heterocycles. The molecule has 1 aromatic heterocycles. The second-order valence-electron chi connectivity index (χ2n) is 3.90. The molecule has 0 spiro atoms. The van der Waals surface area contributed by atoms with Crippen LogP contribution in [0.25, 0.3) is 10.8 Å². The highest BCUT2D eigenvalue weighted by Crippen LogP contribution is 2.36. The Kier molecular flexibility index (Phi) is 3.76. The van der Waals surface area contributed by atoms with Crippen molar-refractivity contribution < 1.29 is 19.4 Å². The summed E-state index contributed by atoms with van der Waals surface area (Å²) in [6.45, 7) is 0. The van der Waals surface area contributed by atoms with Crippen molar-refractivity contribution in [2.24, 2.45) is 0 Å². The monoisotopic (exact) mass is 281 g/mol. The zero-order chi connectivity index (χ0) is 14.0. The minimum absolute atomic E-state index is 0.129. The van der Waals surface area contributed by atoms with Crippen LogP contribution in [0.4, 0.5) is 0 Å². The van der Waals surface area contributed by atoms with E-state index < -0.39 is 5.97 Å². The average Bonchev–Trinajstić information content (AvgIpc) is 2.40. The van der Waals surface area contributed by atoms with Crippen molar-refractivity contribution in [1.29, 1.82) is 0 Å². The van der Waals surface area contributed by atoms with Gasteiger partial charge in [0.1, 0.15) is 5.15 Å². The van der Waals surface area contributed by atoms with E-state index in [1.807, 2.05) is 0 Å². The van der Waals surface area contributed by atoms with Gasteiger partial charge >= 0.3 is 5.97 Å². The van der Waals surface area contributed by atoms with Gasteiger partial charge in [-0.25, -0.2) is 4.98 Å². The fourth-order valence-corrected chi connectivity index (χ4v) is 2.10. The Hall–Kier alpha value is -2.01. The molecule has 0 saturated heterocycles. The van der Waals surface area contributed by atoms with Crippen LogP contribution in [-0.2, 0) is 11.2 Å². The number of carbonyl (C=O) groups is 1.